The van der Waals surface area contributed by atoms with Gasteiger partial charge in [0.2, 0.25) is 0 Å². The van der Waals surface area contributed by atoms with Crippen molar-refractivity contribution in [1.29, 1.82) is 0 Å². The minimum absolute atomic E-state index is 0.142. The van der Waals surface area contributed by atoms with Crippen LogP contribution >= 0.6 is 0 Å². The molecule has 6 heteroatoms. The topological polar surface area (TPSA) is 90.6 Å². The van der Waals surface area contributed by atoms with Crippen LogP contribution in [-0.4, -0.2) is 31.8 Å². The number of benzene rings is 1. The standard InChI is InChI=1S/C13H18N2O4/c1-18-12(16)11(7-8-14)15-13(17)19-9-10-5-3-2-4-6-10/h2-6,11H,7-9,14H2,1H3,(H,15,17). The van der Waals surface area contributed by atoms with Crippen molar-refractivity contribution in [3.05, 3.63) is 35.9 Å². The first-order chi connectivity index (χ1) is 9.17. The first-order valence-electron chi connectivity index (χ1n) is 5.92. The summed E-state index contributed by atoms with van der Waals surface area (Å²) < 4.78 is 9.56. The van der Waals surface area contributed by atoms with E-state index in [1.54, 1.807) is 0 Å². The smallest absolute Gasteiger partial charge is 0.408 e. The summed E-state index contributed by atoms with van der Waals surface area (Å²) in [6, 6.07) is 8.47. The molecule has 0 fully saturated rings. The molecule has 1 atom stereocenters. The Hall–Kier alpha value is -2.08. The molecule has 1 aromatic carbocycles. The molecular weight excluding hydrogens is 248 g/mol. The van der Waals surface area contributed by atoms with Gasteiger partial charge in [-0.05, 0) is 18.5 Å². The SMILES string of the molecule is COC(=O)C(CCN)NC(=O)OCc1ccccc1. The number of esters is 1. The van der Waals surface area contributed by atoms with Crippen LogP contribution in [0.15, 0.2) is 30.3 Å². The highest BCUT2D eigenvalue weighted by molar-refractivity contribution is 5.81. The van der Waals surface area contributed by atoms with Gasteiger partial charge in [0.25, 0.3) is 0 Å². The minimum atomic E-state index is -0.779. The maximum atomic E-state index is 11.5. The molecule has 0 radical (unpaired) electrons. The Morgan fingerprint density at radius 2 is 2.00 bits per heavy atom. The summed E-state index contributed by atoms with van der Waals surface area (Å²) in [6.07, 6.45) is -0.375. The first kappa shape index (κ1) is 15.0. The molecule has 1 amide bonds. The van der Waals surface area contributed by atoms with Gasteiger partial charge >= 0.3 is 12.1 Å². The zero-order valence-corrected chi connectivity index (χ0v) is 10.8. The van der Waals surface area contributed by atoms with E-state index in [0.29, 0.717) is 6.42 Å². The summed E-state index contributed by atoms with van der Waals surface area (Å²) in [5, 5.41) is 2.42. The number of hydrogen-bond acceptors (Lipinski definition) is 5. The molecular formula is C13H18N2O4. The molecule has 0 aliphatic rings. The van der Waals surface area contributed by atoms with Crippen molar-refractivity contribution < 1.29 is 19.1 Å². The quantitative estimate of drug-likeness (QED) is 0.743. The number of ether oxygens (including phenoxy) is 2. The van der Waals surface area contributed by atoms with Crippen LogP contribution in [0.25, 0.3) is 0 Å². The number of alkyl carbamates (subject to hydrolysis) is 1. The second-order valence-electron chi connectivity index (χ2n) is 3.86. The zero-order chi connectivity index (χ0) is 14.1. The molecule has 0 saturated carbocycles. The van der Waals surface area contributed by atoms with Crippen LogP contribution in [0.1, 0.15) is 12.0 Å². The molecule has 0 saturated heterocycles. The van der Waals surface area contributed by atoms with Crippen molar-refractivity contribution in [2.75, 3.05) is 13.7 Å². The lowest BCUT2D eigenvalue weighted by Crippen LogP contribution is -2.42. The summed E-state index contributed by atoms with van der Waals surface area (Å²) in [4.78, 5) is 22.9. The lowest BCUT2D eigenvalue weighted by molar-refractivity contribution is -0.143. The molecule has 0 aliphatic carbocycles. The fraction of sp³-hybridized carbons (Fsp3) is 0.385. The number of hydrogen-bond donors (Lipinski definition) is 2. The van der Waals surface area contributed by atoms with Crippen LogP contribution in [0.5, 0.6) is 0 Å². The Balaban J connectivity index is 2.42. The summed E-state index contributed by atoms with van der Waals surface area (Å²) in [5.74, 6) is -0.540. The fourth-order valence-corrected chi connectivity index (χ4v) is 1.46. The minimum Gasteiger partial charge on any atom is -0.467 e. The van der Waals surface area contributed by atoms with E-state index in [2.05, 4.69) is 10.1 Å². The van der Waals surface area contributed by atoms with Gasteiger partial charge in [-0.3, -0.25) is 0 Å². The molecule has 19 heavy (non-hydrogen) atoms. The summed E-state index contributed by atoms with van der Waals surface area (Å²) in [5.41, 5.74) is 6.23. The maximum Gasteiger partial charge on any atom is 0.408 e. The van der Waals surface area contributed by atoms with Crippen LogP contribution in [0.3, 0.4) is 0 Å². The highest BCUT2D eigenvalue weighted by Gasteiger charge is 2.21. The van der Waals surface area contributed by atoms with Gasteiger partial charge in [0.15, 0.2) is 0 Å². The number of methoxy groups -OCH3 is 1. The molecule has 1 unspecified atom stereocenters. The van der Waals surface area contributed by atoms with Crippen molar-refractivity contribution in [2.45, 2.75) is 19.1 Å². The first-order valence-corrected chi connectivity index (χ1v) is 5.92. The third kappa shape index (κ3) is 5.39. The molecule has 3 N–H and O–H groups in total. The number of nitrogens with two attached hydrogens (primary N) is 1. The molecule has 1 aromatic rings. The van der Waals surface area contributed by atoms with Crippen molar-refractivity contribution in [2.24, 2.45) is 5.73 Å². The lowest BCUT2D eigenvalue weighted by atomic mass is 10.2. The van der Waals surface area contributed by atoms with E-state index in [-0.39, 0.29) is 13.2 Å². The predicted octanol–water partition coefficient (Wildman–Crippen LogP) is 0.803. The average Bonchev–Trinajstić information content (AvgIpc) is 2.45. The third-order valence-corrected chi connectivity index (χ3v) is 2.45. The number of amides is 1. The average molecular weight is 266 g/mol. The molecule has 0 aromatic heterocycles. The highest BCUT2D eigenvalue weighted by atomic mass is 16.6. The Labute approximate surface area is 111 Å². The zero-order valence-electron chi connectivity index (χ0n) is 10.8. The van der Waals surface area contributed by atoms with Gasteiger partial charge in [0.05, 0.1) is 7.11 Å². The molecule has 0 bridgehead atoms. The second kappa shape index (κ2) is 8.10. The van der Waals surface area contributed by atoms with E-state index in [1.165, 1.54) is 7.11 Å². The van der Waals surface area contributed by atoms with Crippen LogP contribution < -0.4 is 11.1 Å². The van der Waals surface area contributed by atoms with E-state index in [0.717, 1.165) is 5.56 Å². The highest BCUT2D eigenvalue weighted by Crippen LogP contribution is 2.01. The number of nitrogens with one attached hydrogen (secondary N) is 1. The normalized spacial score (nSPS) is 11.5. The van der Waals surface area contributed by atoms with Crippen molar-refractivity contribution >= 4 is 12.1 Å². The molecule has 0 heterocycles. The van der Waals surface area contributed by atoms with Gasteiger partial charge in [-0.1, -0.05) is 30.3 Å². The van der Waals surface area contributed by atoms with Crippen LogP contribution in [0.2, 0.25) is 0 Å². The van der Waals surface area contributed by atoms with E-state index in [4.69, 9.17) is 10.5 Å². The Kier molecular flexibility index (Phi) is 6.38. The second-order valence-corrected chi connectivity index (χ2v) is 3.86. The van der Waals surface area contributed by atoms with E-state index >= 15 is 0 Å². The monoisotopic (exact) mass is 266 g/mol. The summed E-state index contributed by atoms with van der Waals surface area (Å²) >= 11 is 0. The number of carbonyl (C=O) groups excluding carboxylic acids is 2. The van der Waals surface area contributed by atoms with Crippen molar-refractivity contribution in [3.63, 3.8) is 0 Å². The third-order valence-electron chi connectivity index (χ3n) is 2.45. The molecule has 0 spiro atoms. The van der Waals surface area contributed by atoms with E-state index in [1.807, 2.05) is 30.3 Å². The van der Waals surface area contributed by atoms with Crippen LogP contribution in [-0.2, 0) is 20.9 Å². The van der Waals surface area contributed by atoms with Crippen molar-refractivity contribution in [1.82, 2.24) is 5.32 Å². The number of rotatable bonds is 6. The number of carbonyl (C=O) groups is 2. The summed E-state index contributed by atoms with van der Waals surface area (Å²) in [7, 11) is 1.25. The predicted molar refractivity (Wildman–Crippen MR) is 69.2 cm³/mol. The van der Waals surface area contributed by atoms with Gasteiger partial charge in [-0.2, -0.15) is 0 Å². The van der Waals surface area contributed by atoms with Gasteiger partial charge in [0, 0.05) is 0 Å². The molecule has 1 rings (SSSR count). The van der Waals surface area contributed by atoms with Crippen LogP contribution in [0, 0.1) is 0 Å². The van der Waals surface area contributed by atoms with Crippen LogP contribution in [0.4, 0.5) is 4.79 Å². The Morgan fingerprint density at radius 3 is 2.58 bits per heavy atom. The van der Waals surface area contributed by atoms with Crippen molar-refractivity contribution in [3.8, 4) is 0 Å². The Morgan fingerprint density at radius 1 is 1.32 bits per heavy atom. The van der Waals surface area contributed by atoms with Gasteiger partial charge < -0.3 is 20.5 Å². The fourth-order valence-electron chi connectivity index (χ4n) is 1.46. The largest absolute Gasteiger partial charge is 0.467 e. The van der Waals surface area contributed by atoms with Gasteiger partial charge in [-0.25, -0.2) is 9.59 Å². The Bertz CT molecular complexity index is 408. The van der Waals surface area contributed by atoms with E-state index in [9.17, 15) is 9.59 Å². The lowest BCUT2D eigenvalue weighted by Gasteiger charge is -2.15. The summed E-state index contributed by atoms with van der Waals surface area (Å²) in [6.45, 7) is 0.405. The van der Waals surface area contributed by atoms with Gasteiger partial charge in [0.1, 0.15) is 12.6 Å². The van der Waals surface area contributed by atoms with E-state index < -0.39 is 18.1 Å². The molecule has 0 aliphatic heterocycles. The molecule has 104 valence electrons. The maximum absolute atomic E-state index is 11.5. The molecule has 6 nitrogen and oxygen atoms in total. The van der Waals surface area contributed by atoms with Gasteiger partial charge in [-0.15, -0.1) is 0 Å².